The molecule has 0 atom stereocenters. The van der Waals surface area contributed by atoms with Crippen LogP contribution < -0.4 is 10.5 Å². The third kappa shape index (κ3) is 3.77. The summed E-state index contributed by atoms with van der Waals surface area (Å²) in [7, 11) is -4.09. The van der Waals surface area contributed by atoms with Crippen LogP contribution in [0.25, 0.3) is 0 Å². The molecule has 0 radical (unpaired) electrons. The first-order chi connectivity index (χ1) is 5.97. The van der Waals surface area contributed by atoms with Gasteiger partial charge in [0.05, 0.1) is 0 Å². The molecule has 0 unspecified atom stereocenters. The SMILES string of the molecule is Nc1ccc(OCS(=O)(=O)O)cc1. The first-order valence-electron chi connectivity index (χ1n) is 3.41. The highest BCUT2D eigenvalue weighted by Gasteiger charge is 2.04. The van der Waals surface area contributed by atoms with Crippen molar-refractivity contribution in [1.29, 1.82) is 0 Å². The van der Waals surface area contributed by atoms with Gasteiger partial charge in [-0.15, -0.1) is 0 Å². The van der Waals surface area contributed by atoms with Crippen molar-refractivity contribution in [2.45, 2.75) is 0 Å². The molecular formula is C7H9NO4S. The number of benzene rings is 1. The van der Waals surface area contributed by atoms with Crippen LogP contribution in [0, 0.1) is 0 Å². The maximum atomic E-state index is 10.3. The zero-order valence-corrected chi connectivity index (χ0v) is 7.49. The lowest BCUT2D eigenvalue weighted by Gasteiger charge is -2.03. The summed E-state index contributed by atoms with van der Waals surface area (Å²) in [5, 5.41) is 0. The molecule has 0 saturated carbocycles. The molecule has 0 fully saturated rings. The van der Waals surface area contributed by atoms with Crippen LogP contribution in [0.3, 0.4) is 0 Å². The van der Waals surface area contributed by atoms with Gasteiger partial charge < -0.3 is 10.5 Å². The second-order valence-electron chi connectivity index (χ2n) is 2.41. The van der Waals surface area contributed by atoms with Crippen molar-refractivity contribution in [3.8, 4) is 5.75 Å². The van der Waals surface area contributed by atoms with Crippen LogP contribution in [-0.4, -0.2) is 18.9 Å². The lowest BCUT2D eigenvalue weighted by atomic mass is 10.3. The van der Waals surface area contributed by atoms with Crippen molar-refractivity contribution in [2.24, 2.45) is 0 Å². The van der Waals surface area contributed by atoms with E-state index >= 15 is 0 Å². The number of rotatable bonds is 3. The Morgan fingerprint density at radius 2 is 1.85 bits per heavy atom. The molecule has 0 bridgehead atoms. The summed E-state index contributed by atoms with van der Waals surface area (Å²) < 4.78 is 33.6. The Balaban J connectivity index is 2.61. The largest absolute Gasteiger partial charge is 0.475 e. The molecule has 3 N–H and O–H groups in total. The van der Waals surface area contributed by atoms with E-state index in [0.717, 1.165) is 0 Å². The van der Waals surface area contributed by atoms with Crippen LogP contribution in [-0.2, 0) is 10.1 Å². The molecule has 1 rings (SSSR count). The zero-order chi connectivity index (χ0) is 9.90. The topological polar surface area (TPSA) is 89.6 Å². The maximum Gasteiger partial charge on any atom is 0.300 e. The average Bonchev–Trinajstić information content (AvgIpc) is 2.02. The lowest BCUT2D eigenvalue weighted by Crippen LogP contribution is -2.10. The van der Waals surface area contributed by atoms with Crippen molar-refractivity contribution in [2.75, 3.05) is 11.7 Å². The average molecular weight is 203 g/mol. The molecule has 0 saturated heterocycles. The number of anilines is 1. The van der Waals surface area contributed by atoms with Crippen molar-refractivity contribution in [1.82, 2.24) is 0 Å². The van der Waals surface area contributed by atoms with Crippen molar-refractivity contribution in [3.63, 3.8) is 0 Å². The molecule has 0 aliphatic carbocycles. The third-order valence-corrected chi connectivity index (χ3v) is 1.67. The Bertz CT molecular complexity index is 370. The molecule has 0 amide bonds. The summed E-state index contributed by atoms with van der Waals surface area (Å²) in [5.74, 6) is -0.413. The highest BCUT2D eigenvalue weighted by Crippen LogP contribution is 2.13. The Kier molecular flexibility index (Phi) is 2.74. The molecule has 0 aliphatic heterocycles. The molecule has 1 aromatic rings. The highest BCUT2D eigenvalue weighted by molar-refractivity contribution is 7.85. The van der Waals surface area contributed by atoms with E-state index in [1.807, 2.05) is 0 Å². The maximum absolute atomic E-state index is 10.3. The first-order valence-corrected chi connectivity index (χ1v) is 5.02. The minimum Gasteiger partial charge on any atom is -0.475 e. The fourth-order valence-electron chi connectivity index (χ4n) is 0.707. The molecule has 6 heteroatoms. The van der Waals surface area contributed by atoms with Crippen LogP contribution >= 0.6 is 0 Å². The van der Waals surface area contributed by atoms with Crippen LogP contribution in [0.1, 0.15) is 0 Å². The molecule has 13 heavy (non-hydrogen) atoms. The van der Waals surface area contributed by atoms with Gasteiger partial charge in [0, 0.05) is 5.69 Å². The standard InChI is InChI=1S/C7H9NO4S/c8-6-1-3-7(4-2-6)12-5-13(9,10)11/h1-4H,5,8H2,(H,9,10,11). The van der Waals surface area contributed by atoms with Crippen molar-refractivity contribution in [3.05, 3.63) is 24.3 Å². The van der Waals surface area contributed by atoms with Gasteiger partial charge in [-0.25, -0.2) is 0 Å². The van der Waals surface area contributed by atoms with Gasteiger partial charge >= 0.3 is 10.1 Å². The molecule has 1 aromatic carbocycles. The summed E-state index contributed by atoms with van der Waals surface area (Å²) in [5.41, 5.74) is 5.94. The van der Waals surface area contributed by atoms with E-state index < -0.39 is 16.1 Å². The fourth-order valence-corrected chi connectivity index (χ4v) is 0.992. The van der Waals surface area contributed by atoms with Crippen LogP contribution in [0.5, 0.6) is 5.75 Å². The monoisotopic (exact) mass is 203 g/mol. The third-order valence-electron chi connectivity index (χ3n) is 1.25. The first kappa shape index (κ1) is 9.82. The van der Waals surface area contributed by atoms with Gasteiger partial charge in [0.15, 0.2) is 0 Å². The van der Waals surface area contributed by atoms with E-state index in [1.54, 1.807) is 12.1 Å². The minimum atomic E-state index is -4.09. The van der Waals surface area contributed by atoms with E-state index in [1.165, 1.54) is 12.1 Å². The van der Waals surface area contributed by atoms with E-state index in [0.29, 0.717) is 11.4 Å². The Labute approximate surface area is 75.9 Å². The Hall–Kier alpha value is -1.27. The van der Waals surface area contributed by atoms with Gasteiger partial charge in [0.25, 0.3) is 0 Å². The van der Waals surface area contributed by atoms with Crippen molar-refractivity contribution < 1.29 is 17.7 Å². The molecule has 0 heterocycles. The predicted molar refractivity (Wildman–Crippen MR) is 47.9 cm³/mol. The van der Waals surface area contributed by atoms with Gasteiger partial charge in [-0.05, 0) is 24.3 Å². The van der Waals surface area contributed by atoms with Gasteiger partial charge in [-0.1, -0.05) is 0 Å². The summed E-state index contributed by atoms with van der Waals surface area (Å²) >= 11 is 0. The number of ether oxygens (including phenoxy) is 1. The number of nitrogen functional groups attached to an aromatic ring is 1. The normalized spacial score (nSPS) is 11.2. The summed E-state index contributed by atoms with van der Waals surface area (Å²) in [6, 6.07) is 6.17. The van der Waals surface area contributed by atoms with Gasteiger partial charge in [-0.2, -0.15) is 8.42 Å². The van der Waals surface area contributed by atoms with E-state index in [2.05, 4.69) is 0 Å². The molecule has 0 aliphatic rings. The molecule has 0 spiro atoms. The summed E-state index contributed by atoms with van der Waals surface area (Å²) in [4.78, 5) is 0. The van der Waals surface area contributed by atoms with E-state index in [4.69, 9.17) is 15.0 Å². The second kappa shape index (κ2) is 3.63. The molecule has 72 valence electrons. The number of hydrogen-bond donors (Lipinski definition) is 2. The Morgan fingerprint density at radius 3 is 2.31 bits per heavy atom. The predicted octanol–water partition coefficient (Wildman–Crippen LogP) is 0.493. The van der Waals surface area contributed by atoms with Gasteiger partial charge in [-0.3, -0.25) is 4.55 Å². The van der Waals surface area contributed by atoms with E-state index in [9.17, 15) is 8.42 Å². The minimum absolute atomic E-state index is 0.340. The smallest absolute Gasteiger partial charge is 0.300 e. The second-order valence-corrected chi connectivity index (χ2v) is 3.81. The number of nitrogens with two attached hydrogens (primary N) is 1. The van der Waals surface area contributed by atoms with Crippen LogP contribution in [0.2, 0.25) is 0 Å². The fraction of sp³-hybridized carbons (Fsp3) is 0.143. The molecule has 0 aromatic heterocycles. The van der Waals surface area contributed by atoms with Crippen LogP contribution in [0.4, 0.5) is 5.69 Å². The Morgan fingerprint density at radius 1 is 1.31 bits per heavy atom. The highest BCUT2D eigenvalue weighted by atomic mass is 32.2. The lowest BCUT2D eigenvalue weighted by molar-refractivity contribution is 0.353. The van der Waals surface area contributed by atoms with Gasteiger partial charge in [0.1, 0.15) is 5.75 Å². The van der Waals surface area contributed by atoms with Crippen LogP contribution in [0.15, 0.2) is 24.3 Å². The van der Waals surface area contributed by atoms with E-state index in [-0.39, 0.29) is 0 Å². The molecule has 5 nitrogen and oxygen atoms in total. The summed E-state index contributed by atoms with van der Waals surface area (Å²) in [6.07, 6.45) is 0. The van der Waals surface area contributed by atoms with Gasteiger partial charge in [0.2, 0.25) is 5.94 Å². The zero-order valence-electron chi connectivity index (χ0n) is 6.67. The number of hydrogen-bond acceptors (Lipinski definition) is 4. The van der Waals surface area contributed by atoms with Crippen molar-refractivity contribution >= 4 is 15.8 Å². The molecular weight excluding hydrogens is 194 g/mol. The summed E-state index contributed by atoms with van der Waals surface area (Å²) in [6.45, 7) is 0. The quantitative estimate of drug-likeness (QED) is 0.551.